The fraction of sp³-hybridized carbons (Fsp3) is 0.0952. The van der Waals surface area contributed by atoms with Crippen LogP contribution in [-0.4, -0.2) is 10.8 Å². The number of hydrogen-bond acceptors (Lipinski definition) is 3. The predicted octanol–water partition coefficient (Wildman–Crippen LogP) is 4.69. The molecule has 0 unspecified atom stereocenters. The van der Waals surface area contributed by atoms with Crippen LogP contribution in [0.3, 0.4) is 0 Å². The molecule has 3 aromatic rings. The highest BCUT2D eigenvalue weighted by Gasteiger charge is 2.07. The zero-order valence-electron chi connectivity index (χ0n) is 13.6. The van der Waals surface area contributed by atoms with Gasteiger partial charge in [-0.3, -0.25) is 0 Å². The van der Waals surface area contributed by atoms with E-state index in [1.54, 1.807) is 30.3 Å². The van der Waals surface area contributed by atoms with Crippen LogP contribution in [0.1, 0.15) is 16.7 Å². The van der Waals surface area contributed by atoms with E-state index < -0.39 is 0 Å². The van der Waals surface area contributed by atoms with Gasteiger partial charge in [0.25, 0.3) is 0 Å². The third-order valence-electron chi connectivity index (χ3n) is 3.71. The van der Waals surface area contributed by atoms with E-state index in [-0.39, 0.29) is 18.2 Å². The van der Waals surface area contributed by atoms with Crippen LogP contribution >= 0.6 is 0 Å². The molecule has 126 valence electrons. The number of benzene rings is 3. The molecule has 1 N–H and O–H groups in total. The van der Waals surface area contributed by atoms with Crippen molar-refractivity contribution >= 4 is 5.71 Å². The molecule has 0 fully saturated rings. The van der Waals surface area contributed by atoms with Gasteiger partial charge in [0.05, 0.1) is 5.71 Å². The zero-order valence-corrected chi connectivity index (χ0v) is 13.6. The summed E-state index contributed by atoms with van der Waals surface area (Å²) in [5.74, 6) is -0.0572. The predicted molar refractivity (Wildman–Crippen MR) is 96.0 cm³/mol. The summed E-state index contributed by atoms with van der Waals surface area (Å²) < 4.78 is 12.9. The highest BCUT2D eigenvalue weighted by Crippen LogP contribution is 2.15. The summed E-state index contributed by atoms with van der Waals surface area (Å²) in [6.45, 7) is 0.261. The highest BCUT2D eigenvalue weighted by molar-refractivity contribution is 6.01. The molecule has 0 spiro atoms. The van der Waals surface area contributed by atoms with Crippen molar-refractivity contribution < 1.29 is 14.3 Å². The Kier molecular flexibility index (Phi) is 5.42. The third kappa shape index (κ3) is 4.91. The lowest BCUT2D eigenvalue weighted by atomic mass is 10.0. The Labute approximate surface area is 146 Å². The molecule has 0 aliphatic rings. The quantitative estimate of drug-likeness (QED) is 0.524. The van der Waals surface area contributed by atoms with Gasteiger partial charge >= 0.3 is 0 Å². The minimum absolute atomic E-state index is 0.220. The molecule has 0 amide bonds. The van der Waals surface area contributed by atoms with E-state index >= 15 is 0 Å². The van der Waals surface area contributed by atoms with Crippen molar-refractivity contribution in [3.63, 3.8) is 0 Å². The van der Waals surface area contributed by atoms with Crippen molar-refractivity contribution in [2.75, 3.05) is 0 Å². The molecule has 0 heterocycles. The summed E-state index contributed by atoms with van der Waals surface area (Å²) in [4.78, 5) is 5.48. The summed E-state index contributed by atoms with van der Waals surface area (Å²) in [5.41, 5.74) is 3.49. The van der Waals surface area contributed by atoms with Gasteiger partial charge < -0.3 is 9.94 Å². The van der Waals surface area contributed by atoms with Crippen LogP contribution in [0.25, 0.3) is 0 Å². The second-order valence-corrected chi connectivity index (χ2v) is 5.65. The molecular weight excluding hydrogens is 317 g/mol. The number of phenols is 1. The van der Waals surface area contributed by atoms with Crippen molar-refractivity contribution in [3.05, 3.63) is 101 Å². The third-order valence-corrected chi connectivity index (χ3v) is 3.71. The second kappa shape index (κ2) is 8.11. The lowest BCUT2D eigenvalue weighted by molar-refractivity contribution is 0.130. The summed E-state index contributed by atoms with van der Waals surface area (Å²) >= 11 is 0. The van der Waals surface area contributed by atoms with E-state index in [0.717, 1.165) is 22.4 Å². The molecule has 0 aliphatic heterocycles. The van der Waals surface area contributed by atoms with Crippen molar-refractivity contribution in [1.29, 1.82) is 0 Å². The van der Waals surface area contributed by atoms with Crippen LogP contribution in [0.2, 0.25) is 0 Å². The Bertz CT molecular complexity index is 845. The smallest absolute Gasteiger partial charge is 0.142 e. The van der Waals surface area contributed by atoms with Crippen molar-refractivity contribution in [2.24, 2.45) is 5.16 Å². The topological polar surface area (TPSA) is 41.8 Å². The van der Waals surface area contributed by atoms with E-state index in [1.165, 1.54) is 12.1 Å². The van der Waals surface area contributed by atoms with Crippen molar-refractivity contribution in [2.45, 2.75) is 13.0 Å². The molecule has 3 nitrogen and oxygen atoms in total. The summed E-state index contributed by atoms with van der Waals surface area (Å²) in [6, 6.07) is 22.9. The first-order valence-corrected chi connectivity index (χ1v) is 7.97. The Hall–Kier alpha value is -3.14. The van der Waals surface area contributed by atoms with Crippen LogP contribution < -0.4 is 0 Å². The maximum Gasteiger partial charge on any atom is 0.142 e. The van der Waals surface area contributed by atoms with Gasteiger partial charge in [0.2, 0.25) is 0 Å². The van der Waals surface area contributed by atoms with E-state index in [1.807, 2.05) is 36.4 Å². The van der Waals surface area contributed by atoms with Gasteiger partial charge in [-0.05, 0) is 41.0 Å². The van der Waals surface area contributed by atoms with Crippen molar-refractivity contribution in [3.8, 4) is 5.75 Å². The Balaban J connectivity index is 1.77. The van der Waals surface area contributed by atoms with Crippen LogP contribution in [0.4, 0.5) is 4.39 Å². The number of halogens is 1. The average Bonchev–Trinajstić information content (AvgIpc) is 2.63. The average molecular weight is 335 g/mol. The van der Waals surface area contributed by atoms with Gasteiger partial charge in [-0.1, -0.05) is 59.8 Å². The van der Waals surface area contributed by atoms with Gasteiger partial charge in [-0.15, -0.1) is 0 Å². The van der Waals surface area contributed by atoms with Crippen LogP contribution in [0.5, 0.6) is 5.75 Å². The number of aromatic hydroxyl groups is 1. The normalized spacial score (nSPS) is 11.3. The second-order valence-electron chi connectivity index (χ2n) is 5.65. The largest absolute Gasteiger partial charge is 0.508 e. The molecule has 25 heavy (non-hydrogen) atoms. The summed E-state index contributed by atoms with van der Waals surface area (Å²) in [5, 5.41) is 13.9. The fourth-order valence-electron chi connectivity index (χ4n) is 2.44. The summed E-state index contributed by atoms with van der Waals surface area (Å²) in [7, 11) is 0. The first kappa shape index (κ1) is 16.7. The van der Waals surface area contributed by atoms with Gasteiger partial charge in [0.1, 0.15) is 18.2 Å². The maximum atomic E-state index is 12.9. The molecular formula is C21H18FNO2. The number of rotatable bonds is 6. The van der Waals surface area contributed by atoms with Gasteiger partial charge in [-0.2, -0.15) is 0 Å². The first-order valence-electron chi connectivity index (χ1n) is 7.97. The van der Waals surface area contributed by atoms with Gasteiger partial charge in [-0.25, -0.2) is 4.39 Å². The Morgan fingerprint density at radius 1 is 0.880 bits per heavy atom. The molecule has 3 aromatic carbocycles. The molecule has 0 atom stereocenters. The van der Waals surface area contributed by atoms with Crippen LogP contribution in [0, 0.1) is 5.82 Å². The molecule has 0 aromatic heterocycles. The zero-order chi connectivity index (χ0) is 17.5. The SMILES string of the molecule is Oc1cccc(CC(=NOCc2ccc(F)cc2)c2ccccc2)c1. The van der Waals surface area contributed by atoms with Gasteiger partial charge in [0, 0.05) is 6.42 Å². The van der Waals surface area contributed by atoms with Crippen molar-refractivity contribution in [1.82, 2.24) is 0 Å². The Morgan fingerprint density at radius 3 is 2.36 bits per heavy atom. The standard InChI is InChI=1S/C21H18FNO2/c22-19-11-9-16(10-12-19)15-25-23-21(18-6-2-1-3-7-18)14-17-5-4-8-20(24)13-17/h1-13,24H,14-15H2. The van der Waals surface area contributed by atoms with E-state index in [9.17, 15) is 9.50 Å². The first-order chi connectivity index (χ1) is 12.2. The molecule has 0 saturated heterocycles. The van der Waals surface area contributed by atoms with E-state index in [0.29, 0.717) is 6.42 Å². The molecule has 0 bridgehead atoms. The number of phenolic OH excluding ortho intramolecular Hbond substituents is 1. The molecule has 0 saturated carbocycles. The molecule has 4 heteroatoms. The summed E-state index contributed by atoms with van der Waals surface area (Å²) in [6.07, 6.45) is 0.530. The maximum absolute atomic E-state index is 12.9. The Morgan fingerprint density at radius 2 is 1.64 bits per heavy atom. The highest BCUT2D eigenvalue weighted by atomic mass is 19.1. The lowest BCUT2D eigenvalue weighted by Crippen LogP contribution is -2.06. The fourth-order valence-corrected chi connectivity index (χ4v) is 2.44. The number of oxime groups is 1. The molecule has 0 radical (unpaired) electrons. The minimum Gasteiger partial charge on any atom is -0.508 e. The monoisotopic (exact) mass is 335 g/mol. The molecule has 3 rings (SSSR count). The lowest BCUT2D eigenvalue weighted by Gasteiger charge is -2.08. The minimum atomic E-state index is -0.277. The van der Waals surface area contributed by atoms with Crippen LogP contribution in [0.15, 0.2) is 84.0 Å². The number of nitrogens with zero attached hydrogens (tertiary/aromatic N) is 1. The molecule has 0 aliphatic carbocycles. The van der Waals surface area contributed by atoms with E-state index in [4.69, 9.17) is 4.84 Å². The van der Waals surface area contributed by atoms with Crippen LogP contribution in [-0.2, 0) is 17.9 Å². The number of hydrogen-bond donors (Lipinski definition) is 1. The van der Waals surface area contributed by atoms with Gasteiger partial charge in [0.15, 0.2) is 0 Å². The van der Waals surface area contributed by atoms with E-state index in [2.05, 4.69) is 5.16 Å².